The van der Waals surface area contributed by atoms with Gasteiger partial charge in [0, 0.05) is 12.1 Å². The fourth-order valence-electron chi connectivity index (χ4n) is 4.35. The first-order valence-electron chi connectivity index (χ1n) is 11.9. The lowest BCUT2D eigenvalue weighted by Crippen LogP contribution is -2.29. The smallest absolute Gasteiger partial charge is 0.252 e. The van der Waals surface area contributed by atoms with Gasteiger partial charge in [0.05, 0.1) is 23.7 Å². The van der Waals surface area contributed by atoms with Crippen molar-refractivity contribution in [2.45, 2.75) is 53.6 Å². The summed E-state index contributed by atoms with van der Waals surface area (Å²) in [5.41, 5.74) is 7.22. The summed E-state index contributed by atoms with van der Waals surface area (Å²) in [5, 5.41) is 3.15. The number of nitrogens with zero attached hydrogens (tertiary/aromatic N) is 2. The Balaban J connectivity index is 1.50. The van der Waals surface area contributed by atoms with E-state index in [1.165, 1.54) is 11.1 Å². The van der Waals surface area contributed by atoms with Gasteiger partial charge in [-0.3, -0.25) is 4.79 Å². The van der Waals surface area contributed by atoms with Crippen molar-refractivity contribution in [3.63, 3.8) is 0 Å². The first-order chi connectivity index (χ1) is 16.3. The molecule has 0 saturated carbocycles. The van der Waals surface area contributed by atoms with Gasteiger partial charge in [0.2, 0.25) is 0 Å². The Kier molecular flexibility index (Phi) is 7.01. The summed E-state index contributed by atoms with van der Waals surface area (Å²) >= 11 is 0. The number of benzene rings is 3. The van der Waals surface area contributed by atoms with E-state index in [1.807, 2.05) is 69.3 Å². The van der Waals surface area contributed by atoms with Gasteiger partial charge in [-0.05, 0) is 82.0 Å². The molecule has 0 radical (unpaired) electrons. The third kappa shape index (κ3) is 4.98. The van der Waals surface area contributed by atoms with E-state index < -0.39 is 0 Å². The number of aryl methyl sites for hydroxylation is 4. The third-order valence-corrected chi connectivity index (χ3v) is 6.38. The summed E-state index contributed by atoms with van der Waals surface area (Å²) in [4.78, 5) is 17.9. The number of imidazole rings is 1. The van der Waals surface area contributed by atoms with Crippen LogP contribution in [0, 0.1) is 27.7 Å². The molecular formula is C29H33N3O2. The van der Waals surface area contributed by atoms with Gasteiger partial charge in [0.15, 0.2) is 0 Å². The monoisotopic (exact) mass is 455 g/mol. The number of hydrogen-bond donors (Lipinski definition) is 1. The molecule has 5 nitrogen and oxygen atoms in total. The summed E-state index contributed by atoms with van der Waals surface area (Å²) in [6, 6.07) is 19.9. The van der Waals surface area contributed by atoms with Crippen LogP contribution in [0.15, 0.2) is 60.7 Å². The van der Waals surface area contributed by atoms with Crippen molar-refractivity contribution in [2.24, 2.45) is 0 Å². The molecule has 4 aromatic rings. The number of ether oxygens (including phenoxy) is 1. The molecule has 1 heterocycles. The van der Waals surface area contributed by atoms with E-state index in [2.05, 4.69) is 35.9 Å². The normalized spacial score (nSPS) is 12.0. The molecule has 1 unspecified atom stereocenters. The molecule has 0 fully saturated rings. The van der Waals surface area contributed by atoms with Crippen LogP contribution in [0.3, 0.4) is 0 Å². The van der Waals surface area contributed by atoms with Crippen molar-refractivity contribution in [2.75, 3.05) is 6.61 Å². The molecule has 0 spiro atoms. The lowest BCUT2D eigenvalue weighted by atomic mass is 10.0. The zero-order valence-corrected chi connectivity index (χ0v) is 20.7. The van der Waals surface area contributed by atoms with Crippen LogP contribution in [0.5, 0.6) is 5.75 Å². The molecule has 1 atom stereocenters. The van der Waals surface area contributed by atoms with E-state index in [4.69, 9.17) is 9.72 Å². The third-order valence-electron chi connectivity index (χ3n) is 6.38. The lowest BCUT2D eigenvalue weighted by Gasteiger charge is -2.18. The summed E-state index contributed by atoms with van der Waals surface area (Å²) in [5.74, 6) is 1.71. The van der Waals surface area contributed by atoms with Crippen LogP contribution in [-0.4, -0.2) is 22.1 Å². The van der Waals surface area contributed by atoms with Crippen LogP contribution in [0.4, 0.5) is 0 Å². The van der Waals surface area contributed by atoms with Crippen LogP contribution in [-0.2, 0) is 6.54 Å². The molecule has 0 aliphatic heterocycles. The van der Waals surface area contributed by atoms with Crippen molar-refractivity contribution in [1.29, 1.82) is 0 Å². The Bertz CT molecular complexity index is 1320. The van der Waals surface area contributed by atoms with E-state index in [0.29, 0.717) is 12.2 Å². The summed E-state index contributed by atoms with van der Waals surface area (Å²) in [7, 11) is 0. The molecule has 1 N–H and O–H groups in total. The molecule has 0 bridgehead atoms. The second-order valence-corrected chi connectivity index (χ2v) is 9.02. The van der Waals surface area contributed by atoms with Gasteiger partial charge in [-0.25, -0.2) is 4.98 Å². The van der Waals surface area contributed by atoms with Crippen molar-refractivity contribution in [1.82, 2.24) is 14.9 Å². The minimum atomic E-state index is -0.236. The molecule has 0 saturated heterocycles. The molecule has 1 aromatic heterocycles. The van der Waals surface area contributed by atoms with Crippen LogP contribution >= 0.6 is 0 Å². The number of rotatable bonds is 8. The number of fused-ring (bicyclic) bond motifs is 1. The quantitative estimate of drug-likeness (QED) is 0.320. The summed E-state index contributed by atoms with van der Waals surface area (Å²) in [6.45, 7) is 11.5. The van der Waals surface area contributed by atoms with E-state index in [-0.39, 0.29) is 11.9 Å². The van der Waals surface area contributed by atoms with E-state index in [0.717, 1.165) is 46.7 Å². The molecule has 3 aromatic carbocycles. The minimum absolute atomic E-state index is 0.0816. The summed E-state index contributed by atoms with van der Waals surface area (Å²) in [6.07, 6.45) is 0.832. The molecule has 4 rings (SSSR count). The largest absolute Gasteiger partial charge is 0.493 e. The second kappa shape index (κ2) is 10.1. The fraction of sp³-hybridized carbons (Fsp3) is 0.310. The number of carbonyl (C=O) groups excluding carboxylic acids is 1. The first-order valence-corrected chi connectivity index (χ1v) is 11.9. The number of hydrogen-bond acceptors (Lipinski definition) is 3. The Morgan fingerprint density at radius 2 is 1.79 bits per heavy atom. The number of amides is 1. The Labute approximate surface area is 201 Å². The SMILES string of the molecule is Cc1ccc(C(=O)NC(C)c2nc3ccccc3n2CCCOc2cccc(C)c2C)c(C)c1. The molecular weight excluding hydrogens is 422 g/mol. The van der Waals surface area contributed by atoms with Gasteiger partial charge < -0.3 is 14.6 Å². The number of para-hydroxylation sites is 2. The van der Waals surface area contributed by atoms with Crippen molar-refractivity contribution < 1.29 is 9.53 Å². The van der Waals surface area contributed by atoms with Gasteiger partial charge in [-0.1, -0.05) is 42.0 Å². The maximum absolute atomic E-state index is 13.0. The zero-order chi connectivity index (χ0) is 24.2. The highest BCUT2D eigenvalue weighted by molar-refractivity contribution is 5.96. The van der Waals surface area contributed by atoms with Crippen molar-refractivity contribution in [3.05, 3.63) is 94.3 Å². The topological polar surface area (TPSA) is 56.2 Å². The van der Waals surface area contributed by atoms with Crippen LogP contribution in [0.25, 0.3) is 11.0 Å². The minimum Gasteiger partial charge on any atom is -0.493 e. The Hall–Kier alpha value is -3.60. The summed E-state index contributed by atoms with van der Waals surface area (Å²) < 4.78 is 8.27. The average Bonchev–Trinajstić information content (AvgIpc) is 3.18. The lowest BCUT2D eigenvalue weighted by molar-refractivity contribution is 0.0937. The maximum Gasteiger partial charge on any atom is 0.252 e. The predicted molar refractivity (Wildman–Crippen MR) is 138 cm³/mol. The highest BCUT2D eigenvalue weighted by atomic mass is 16.5. The number of aromatic nitrogens is 2. The average molecular weight is 456 g/mol. The van der Waals surface area contributed by atoms with Crippen molar-refractivity contribution in [3.8, 4) is 5.75 Å². The van der Waals surface area contributed by atoms with Gasteiger partial charge >= 0.3 is 0 Å². The van der Waals surface area contributed by atoms with Crippen molar-refractivity contribution >= 4 is 16.9 Å². The van der Waals surface area contributed by atoms with Gasteiger partial charge in [-0.2, -0.15) is 0 Å². The van der Waals surface area contributed by atoms with E-state index in [1.54, 1.807) is 0 Å². The molecule has 34 heavy (non-hydrogen) atoms. The predicted octanol–water partition coefficient (Wildman–Crippen LogP) is 6.23. The standard InChI is InChI=1S/C29H33N3O2/c1-19-14-15-24(21(3)18-19)29(33)30-23(5)28-31-25-11-6-7-12-26(25)32(28)16-9-17-34-27-13-8-10-20(2)22(27)4/h6-8,10-15,18,23H,9,16-17H2,1-5H3,(H,30,33). The fourth-order valence-corrected chi connectivity index (χ4v) is 4.35. The molecule has 5 heteroatoms. The van der Waals surface area contributed by atoms with E-state index >= 15 is 0 Å². The highest BCUT2D eigenvalue weighted by Crippen LogP contribution is 2.23. The van der Waals surface area contributed by atoms with Crippen LogP contribution in [0.1, 0.15) is 57.8 Å². The van der Waals surface area contributed by atoms with Crippen LogP contribution < -0.4 is 10.1 Å². The van der Waals surface area contributed by atoms with Gasteiger partial charge in [0.25, 0.3) is 5.91 Å². The van der Waals surface area contributed by atoms with Gasteiger partial charge in [0.1, 0.15) is 11.6 Å². The number of nitrogens with one attached hydrogen (secondary N) is 1. The molecule has 0 aliphatic rings. The molecule has 0 aliphatic carbocycles. The Morgan fingerprint density at radius 1 is 1.00 bits per heavy atom. The van der Waals surface area contributed by atoms with Crippen LogP contribution in [0.2, 0.25) is 0 Å². The highest BCUT2D eigenvalue weighted by Gasteiger charge is 2.20. The second-order valence-electron chi connectivity index (χ2n) is 9.02. The zero-order valence-electron chi connectivity index (χ0n) is 20.7. The van der Waals surface area contributed by atoms with E-state index in [9.17, 15) is 4.79 Å². The maximum atomic E-state index is 13.0. The van der Waals surface area contributed by atoms with Gasteiger partial charge in [-0.15, -0.1) is 0 Å². The number of carbonyl (C=O) groups is 1. The first kappa shape index (κ1) is 23.6. The molecule has 176 valence electrons. The Morgan fingerprint density at radius 3 is 2.59 bits per heavy atom. The molecule has 1 amide bonds.